The van der Waals surface area contributed by atoms with Crippen LogP contribution >= 0.6 is 15.9 Å². The van der Waals surface area contributed by atoms with Crippen molar-refractivity contribution in [2.24, 2.45) is 0 Å². The van der Waals surface area contributed by atoms with Crippen LogP contribution in [0.2, 0.25) is 0 Å². The Morgan fingerprint density at radius 3 is 2.56 bits per heavy atom. The lowest BCUT2D eigenvalue weighted by Crippen LogP contribution is -2.43. The maximum absolute atomic E-state index is 9.30. The number of aliphatic hydroxyl groups excluding tert-OH is 1. The number of halogens is 1. The smallest absolute Gasteiger partial charge is 0.0610 e. The summed E-state index contributed by atoms with van der Waals surface area (Å²) in [5, 5.41) is 9.30. The summed E-state index contributed by atoms with van der Waals surface area (Å²) in [5.41, 5.74) is 7.52. The standard InChI is InChI=1S/C12H19BrN2O/c1-12(2,8-16)15(3)7-9-10(13)5-4-6-11(9)14/h4-6,16H,7-8,14H2,1-3H3. The summed E-state index contributed by atoms with van der Waals surface area (Å²) in [4.78, 5) is 2.09. The predicted octanol–water partition coefficient (Wildman–Crippen LogP) is 2.23. The van der Waals surface area contributed by atoms with E-state index >= 15 is 0 Å². The Balaban J connectivity index is 2.89. The number of hydrogen-bond donors (Lipinski definition) is 2. The van der Waals surface area contributed by atoms with Crippen LogP contribution in [-0.2, 0) is 6.54 Å². The van der Waals surface area contributed by atoms with Crippen molar-refractivity contribution in [2.75, 3.05) is 19.4 Å². The van der Waals surface area contributed by atoms with Gasteiger partial charge in [0.05, 0.1) is 6.61 Å². The first kappa shape index (κ1) is 13.5. The number of anilines is 1. The molecule has 1 aromatic rings. The third kappa shape index (κ3) is 2.97. The minimum absolute atomic E-state index is 0.119. The highest BCUT2D eigenvalue weighted by molar-refractivity contribution is 9.10. The Bertz CT molecular complexity index is 346. The molecule has 0 aromatic heterocycles. The quantitative estimate of drug-likeness (QED) is 0.835. The minimum Gasteiger partial charge on any atom is -0.398 e. The lowest BCUT2D eigenvalue weighted by Gasteiger charge is -2.34. The fourth-order valence-corrected chi connectivity index (χ4v) is 1.82. The molecular weight excluding hydrogens is 268 g/mol. The Labute approximate surface area is 105 Å². The van der Waals surface area contributed by atoms with E-state index in [-0.39, 0.29) is 12.1 Å². The SMILES string of the molecule is CN(Cc1c(N)cccc1Br)C(C)(C)CO. The third-order valence-corrected chi connectivity index (χ3v) is 3.71. The van der Waals surface area contributed by atoms with Crippen LogP contribution in [0.3, 0.4) is 0 Å². The molecule has 0 fully saturated rings. The first-order valence-corrected chi connectivity index (χ1v) is 6.03. The number of nitrogens with two attached hydrogens (primary N) is 1. The molecule has 0 bridgehead atoms. The summed E-state index contributed by atoms with van der Waals surface area (Å²) in [6.45, 7) is 4.83. The van der Waals surface area contributed by atoms with E-state index in [9.17, 15) is 5.11 Å². The monoisotopic (exact) mass is 286 g/mol. The first-order valence-electron chi connectivity index (χ1n) is 5.23. The van der Waals surface area contributed by atoms with Crippen LogP contribution in [-0.4, -0.2) is 29.2 Å². The summed E-state index contributed by atoms with van der Waals surface area (Å²) in [7, 11) is 1.98. The molecule has 0 saturated heterocycles. The molecule has 0 saturated carbocycles. The van der Waals surface area contributed by atoms with Gasteiger partial charge in [-0.05, 0) is 33.0 Å². The molecule has 3 N–H and O–H groups in total. The van der Waals surface area contributed by atoms with E-state index in [0.29, 0.717) is 6.54 Å². The molecule has 0 aliphatic heterocycles. The molecule has 16 heavy (non-hydrogen) atoms. The second-order valence-corrected chi connectivity index (χ2v) is 5.49. The highest BCUT2D eigenvalue weighted by Gasteiger charge is 2.23. The molecule has 90 valence electrons. The molecule has 4 heteroatoms. The van der Waals surface area contributed by atoms with Crippen molar-refractivity contribution in [1.29, 1.82) is 0 Å². The van der Waals surface area contributed by atoms with Gasteiger partial charge in [-0.15, -0.1) is 0 Å². The molecule has 0 amide bonds. The molecular formula is C12H19BrN2O. The number of likely N-dealkylation sites (N-methyl/N-ethyl adjacent to an activating group) is 1. The van der Waals surface area contributed by atoms with E-state index in [2.05, 4.69) is 20.8 Å². The average Bonchev–Trinajstić information content (AvgIpc) is 2.23. The summed E-state index contributed by atoms with van der Waals surface area (Å²) in [6, 6.07) is 5.78. The van der Waals surface area contributed by atoms with Crippen molar-refractivity contribution in [3.8, 4) is 0 Å². The summed E-state index contributed by atoms with van der Waals surface area (Å²) in [6.07, 6.45) is 0. The zero-order chi connectivity index (χ0) is 12.3. The van der Waals surface area contributed by atoms with Crippen LogP contribution < -0.4 is 5.73 Å². The molecule has 0 spiro atoms. The number of nitrogens with zero attached hydrogens (tertiary/aromatic N) is 1. The van der Waals surface area contributed by atoms with Crippen molar-refractivity contribution in [3.05, 3.63) is 28.2 Å². The van der Waals surface area contributed by atoms with Gasteiger partial charge in [-0.3, -0.25) is 4.90 Å². The van der Waals surface area contributed by atoms with Gasteiger partial charge in [0.15, 0.2) is 0 Å². The van der Waals surface area contributed by atoms with Crippen LogP contribution in [0.1, 0.15) is 19.4 Å². The molecule has 1 aromatic carbocycles. The van der Waals surface area contributed by atoms with Gasteiger partial charge in [-0.2, -0.15) is 0 Å². The largest absolute Gasteiger partial charge is 0.398 e. The molecule has 0 unspecified atom stereocenters. The van der Waals surface area contributed by atoms with E-state index in [4.69, 9.17) is 5.73 Å². The molecule has 0 heterocycles. The molecule has 0 aliphatic rings. The van der Waals surface area contributed by atoms with Crippen molar-refractivity contribution < 1.29 is 5.11 Å². The van der Waals surface area contributed by atoms with Crippen molar-refractivity contribution in [3.63, 3.8) is 0 Å². The maximum Gasteiger partial charge on any atom is 0.0610 e. The summed E-state index contributed by atoms with van der Waals surface area (Å²) < 4.78 is 1.01. The van der Waals surface area contributed by atoms with Gasteiger partial charge in [-0.1, -0.05) is 22.0 Å². The van der Waals surface area contributed by atoms with Gasteiger partial charge in [-0.25, -0.2) is 0 Å². The van der Waals surface area contributed by atoms with Gasteiger partial charge in [0.1, 0.15) is 0 Å². The summed E-state index contributed by atoms with van der Waals surface area (Å²) >= 11 is 3.50. The Kier molecular flexibility index (Phi) is 4.35. The fraction of sp³-hybridized carbons (Fsp3) is 0.500. The average molecular weight is 287 g/mol. The second kappa shape index (κ2) is 5.17. The Morgan fingerprint density at radius 2 is 2.06 bits per heavy atom. The van der Waals surface area contributed by atoms with Crippen LogP contribution in [0.15, 0.2) is 22.7 Å². The van der Waals surface area contributed by atoms with Crippen LogP contribution in [0, 0.1) is 0 Å². The van der Waals surface area contributed by atoms with Crippen LogP contribution in [0.25, 0.3) is 0 Å². The van der Waals surface area contributed by atoms with Crippen LogP contribution in [0.4, 0.5) is 5.69 Å². The van der Waals surface area contributed by atoms with E-state index < -0.39 is 0 Å². The van der Waals surface area contributed by atoms with E-state index in [1.54, 1.807) is 0 Å². The maximum atomic E-state index is 9.30. The minimum atomic E-state index is -0.248. The zero-order valence-corrected chi connectivity index (χ0v) is 11.6. The van der Waals surface area contributed by atoms with E-state index in [1.165, 1.54) is 0 Å². The van der Waals surface area contributed by atoms with Gasteiger partial charge in [0.2, 0.25) is 0 Å². The third-order valence-electron chi connectivity index (χ3n) is 2.97. The second-order valence-electron chi connectivity index (χ2n) is 4.63. The van der Waals surface area contributed by atoms with Crippen molar-refractivity contribution in [2.45, 2.75) is 25.9 Å². The van der Waals surface area contributed by atoms with Gasteiger partial charge in [0.25, 0.3) is 0 Å². The molecule has 0 atom stereocenters. The molecule has 0 radical (unpaired) electrons. The highest BCUT2D eigenvalue weighted by atomic mass is 79.9. The van der Waals surface area contributed by atoms with Crippen LogP contribution in [0.5, 0.6) is 0 Å². The lowest BCUT2D eigenvalue weighted by molar-refractivity contribution is 0.0734. The van der Waals surface area contributed by atoms with Crippen molar-refractivity contribution >= 4 is 21.6 Å². The van der Waals surface area contributed by atoms with E-state index in [0.717, 1.165) is 15.7 Å². The molecule has 0 aliphatic carbocycles. The molecule has 1 rings (SSSR count). The summed E-state index contributed by atoms with van der Waals surface area (Å²) in [5.74, 6) is 0. The van der Waals surface area contributed by atoms with Gasteiger partial charge >= 0.3 is 0 Å². The first-order chi connectivity index (χ1) is 7.38. The topological polar surface area (TPSA) is 49.5 Å². The van der Waals surface area contributed by atoms with E-state index in [1.807, 2.05) is 39.1 Å². The number of benzene rings is 1. The van der Waals surface area contributed by atoms with Gasteiger partial charge in [0, 0.05) is 27.8 Å². The fourth-order valence-electron chi connectivity index (χ4n) is 1.31. The number of rotatable bonds is 4. The van der Waals surface area contributed by atoms with Crippen molar-refractivity contribution in [1.82, 2.24) is 4.90 Å². The number of nitrogen functional groups attached to an aromatic ring is 1. The molecule has 3 nitrogen and oxygen atoms in total. The Morgan fingerprint density at radius 1 is 1.44 bits per heavy atom. The predicted molar refractivity (Wildman–Crippen MR) is 71.2 cm³/mol. The number of hydrogen-bond acceptors (Lipinski definition) is 3. The van der Waals surface area contributed by atoms with Gasteiger partial charge < -0.3 is 10.8 Å². The highest BCUT2D eigenvalue weighted by Crippen LogP contribution is 2.26. The zero-order valence-electron chi connectivity index (χ0n) is 10.00. The normalized spacial score (nSPS) is 12.1. The number of aliphatic hydroxyl groups is 1. The lowest BCUT2D eigenvalue weighted by atomic mass is 10.0. The Hall–Kier alpha value is -0.580.